The van der Waals surface area contributed by atoms with Crippen molar-refractivity contribution in [2.45, 2.75) is 25.7 Å². The van der Waals surface area contributed by atoms with E-state index in [-0.39, 0.29) is 5.91 Å². The molecule has 0 aliphatic carbocycles. The number of hydrogen-bond donors (Lipinski definition) is 1. The smallest absolute Gasteiger partial charge is 0.234 e. The molecular weight excluding hydrogens is 262 g/mol. The van der Waals surface area contributed by atoms with Crippen molar-refractivity contribution in [3.8, 4) is 17.3 Å². The predicted octanol–water partition coefficient (Wildman–Crippen LogP) is 3.18. The first-order chi connectivity index (χ1) is 10.0. The molecule has 1 N–H and O–H groups in total. The molecule has 106 valence electrons. The van der Waals surface area contributed by atoms with Gasteiger partial charge in [-0.2, -0.15) is 5.26 Å². The molecule has 1 aromatic carbocycles. The summed E-state index contributed by atoms with van der Waals surface area (Å²) in [4.78, 5) is 12.2. The zero-order valence-corrected chi connectivity index (χ0v) is 12.4. The Labute approximate surface area is 124 Å². The highest BCUT2D eigenvalue weighted by Crippen LogP contribution is 2.41. The summed E-state index contributed by atoms with van der Waals surface area (Å²) < 4.78 is 1.87. The monoisotopic (exact) mass is 279 g/mol. The van der Waals surface area contributed by atoms with Crippen molar-refractivity contribution < 1.29 is 4.79 Å². The van der Waals surface area contributed by atoms with Crippen molar-refractivity contribution in [1.82, 2.24) is 4.57 Å². The Kier molecular flexibility index (Phi) is 2.87. The maximum Gasteiger partial charge on any atom is 0.234 e. The van der Waals surface area contributed by atoms with Gasteiger partial charge in [-0.1, -0.05) is 13.0 Å². The lowest BCUT2D eigenvalue weighted by atomic mass is 9.80. The number of benzene rings is 1. The minimum Gasteiger partial charge on any atom is -0.335 e. The van der Waals surface area contributed by atoms with Crippen LogP contribution in [0, 0.1) is 11.3 Å². The van der Waals surface area contributed by atoms with E-state index in [1.54, 1.807) is 0 Å². The second-order valence-corrected chi connectivity index (χ2v) is 5.67. The average molecular weight is 279 g/mol. The van der Waals surface area contributed by atoms with Gasteiger partial charge < -0.3 is 9.88 Å². The van der Waals surface area contributed by atoms with Crippen molar-refractivity contribution in [2.75, 3.05) is 5.32 Å². The lowest BCUT2D eigenvalue weighted by Gasteiger charge is -2.20. The van der Waals surface area contributed by atoms with Gasteiger partial charge in [-0.25, -0.2) is 0 Å². The summed E-state index contributed by atoms with van der Waals surface area (Å²) in [5, 5.41) is 12.0. The van der Waals surface area contributed by atoms with Gasteiger partial charge in [-0.3, -0.25) is 4.79 Å². The van der Waals surface area contributed by atoms with Crippen molar-refractivity contribution >= 4 is 11.6 Å². The molecule has 1 aromatic heterocycles. The van der Waals surface area contributed by atoms with E-state index in [4.69, 9.17) is 5.26 Å². The number of carbonyl (C=O) groups excluding carboxylic acids is 1. The molecule has 0 radical (unpaired) electrons. The number of nitrogens with zero attached hydrogens (tertiary/aromatic N) is 2. The molecule has 1 amide bonds. The van der Waals surface area contributed by atoms with E-state index in [2.05, 4.69) is 17.5 Å². The van der Waals surface area contributed by atoms with E-state index in [0.717, 1.165) is 28.9 Å². The fourth-order valence-electron chi connectivity index (χ4n) is 2.92. The van der Waals surface area contributed by atoms with E-state index in [1.165, 1.54) is 0 Å². The molecule has 2 heterocycles. The predicted molar refractivity (Wildman–Crippen MR) is 81.8 cm³/mol. The van der Waals surface area contributed by atoms with E-state index in [9.17, 15) is 4.79 Å². The summed E-state index contributed by atoms with van der Waals surface area (Å²) in [5.41, 5.74) is 4.07. The Morgan fingerprint density at radius 3 is 2.71 bits per heavy atom. The highest BCUT2D eigenvalue weighted by molar-refractivity contribution is 6.06. The van der Waals surface area contributed by atoms with Crippen LogP contribution in [0.25, 0.3) is 11.3 Å². The van der Waals surface area contributed by atoms with Gasteiger partial charge in [0.2, 0.25) is 5.91 Å². The molecule has 1 aliphatic rings. The van der Waals surface area contributed by atoms with Gasteiger partial charge in [0.1, 0.15) is 11.8 Å². The highest BCUT2D eigenvalue weighted by atomic mass is 16.2. The van der Waals surface area contributed by atoms with Crippen LogP contribution in [-0.4, -0.2) is 10.5 Å². The molecule has 0 bridgehead atoms. The fourth-order valence-corrected chi connectivity index (χ4v) is 2.92. The normalized spacial score (nSPS) is 20.0. The summed E-state index contributed by atoms with van der Waals surface area (Å²) >= 11 is 0. The minimum atomic E-state index is -0.478. The maximum absolute atomic E-state index is 12.2. The summed E-state index contributed by atoms with van der Waals surface area (Å²) in [6, 6.07) is 11.9. The third kappa shape index (κ3) is 1.78. The van der Waals surface area contributed by atoms with Crippen molar-refractivity contribution in [3.63, 3.8) is 0 Å². The van der Waals surface area contributed by atoms with Crippen LogP contribution in [-0.2, 0) is 17.3 Å². The van der Waals surface area contributed by atoms with Gasteiger partial charge in [-0.15, -0.1) is 0 Å². The Balaban J connectivity index is 2.15. The standard InChI is InChI=1S/C17H17N3O/c1-4-17(2)13-9-11(5-7-14(13)19-16(17)21)15-8-6-12(10-18)20(15)3/h5-9H,4H2,1-3H3,(H,19,21)/t17-/m0/s1. The third-order valence-corrected chi connectivity index (χ3v) is 4.60. The highest BCUT2D eigenvalue weighted by Gasteiger charge is 2.41. The number of aromatic nitrogens is 1. The molecule has 2 aromatic rings. The number of nitriles is 1. The lowest BCUT2D eigenvalue weighted by Crippen LogP contribution is -2.29. The Morgan fingerprint density at radius 2 is 2.10 bits per heavy atom. The molecule has 0 unspecified atom stereocenters. The SMILES string of the molecule is CC[C@]1(C)C(=O)Nc2ccc(-c3ccc(C#N)n3C)cc21. The van der Waals surface area contributed by atoms with Crippen LogP contribution >= 0.6 is 0 Å². The van der Waals surface area contributed by atoms with Gasteiger partial charge >= 0.3 is 0 Å². The van der Waals surface area contributed by atoms with E-state index >= 15 is 0 Å². The van der Waals surface area contributed by atoms with Crippen LogP contribution in [0.15, 0.2) is 30.3 Å². The van der Waals surface area contributed by atoms with Crippen molar-refractivity contribution in [3.05, 3.63) is 41.6 Å². The zero-order chi connectivity index (χ0) is 15.2. The number of amides is 1. The molecular formula is C17H17N3O. The van der Waals surface area contributed by atoms with Crippen LogP contribution in [0.5, 0.6) is 0 Å². The molecule has 0 saturated heterocycles. The van der Waals surface area contributed by atoms with Gasteiger partial charge in [0.15, 0.2) is 0 Å². The Hall–Kier alpha value is -2.54. The molecule has 4 nitrogen and oxygen atoms in total. The topological polar surface area (TPSA) is 57.8 Å². The van der Waals surface area contributed by atoms with Crippen LogP contribution in [0.4, 0.5) is 5.69 Å². The molecule has 3 rings (SSSR count). The van der Waals surface area contributed by atoms with Crippen molar-refractivity contribution in [1.29, 1.82) is 5.26 Å². The van der Waals surface area contributed by atoms with E-state index < -0.39 is 5.41 Å². The third-order valence-electron chi connectivity index (χ3n) is 4.60. The first-order valence-corrected chi connectivity index (χ1v) is 7.03. The molecule has 0 fully saturated rings. The first kappa shape index (κ1) is 13.4. The molecule has 1 aliphatic heterocycles. The Morgan fingerprint density at radius 1 is 1.33 bits per heavy atom. The fraction of sp³-hybridized carbons (Fsp3) is 0.294. The number of hydrogen-bond acceptors (Lipinski definition) is 2. The number of rotatable bonds is 2. The van der Waals surface area contributed by atoms with Gasteiger partial charge in [0.25, 0.3) is 0 Å². The molecule has 0 spiro atoms. The number of anilines is 1. The summed E-state index contributed by atoms with van der Waals surface area (Å²) in [5.74, 6) is 0.0572. The molecule has 1 atom stereocenters. The van der Waals surface area contributed by atoms with Crippen LogP contribution in [0.1, 0.15) is 31.5 Å². The average Bonchev–Trinajstić information content (AvgIpc) is 2.98. The largest absolute Gasteiger partial charge is 0.335 e. The molecule has 4 heteroatoms. The van der Waals surface area contributed by atoms with Gasteiger partial charge in [0.05, 0.1) is 5.41 Å². The van der Waals surface area contributed by atoms with Crippen LogP contribution in [0.2, 0.25) is 0 Å². The zero-order valence-electron chi connectivity index (χ0n) is 12.4. The number of nitrogens with one attached hydrogen (secondary N) is 1. The molecule has 0 saturated carbocycles. The van der Waals surface area contributed by atoms with Crippen LogP contribution < -0.4 is 5.32 Å². The summed E-state index contributed by atoms with van der Waals surface area (Å²) in [6.45, 7) is 4.00. The Bertz CT molecular complexity index is 782. The quantitative estimate of drug-likeness (QED) is 0.917. The van der Waals surface area contributed by atoms with Gasteiger partial charge in [0, 0.05) is 18.4 Å². The molecule has 21 heavy (non-hydrogen) atoms. The lowest BCUT2D eigenvalue weighted by molar-refractivity contribution is -0.120. The second kappa shape index (κ2) is 4.49. The second-order valence-electron chi connectivity index (χ2n) is 5.67. The number of carbonyl (C=O) groups is 1. The van der Waals surface area contributed by atoms with Crippen molar-refractivity contribution in [2.24, 2.45) is 7.05 Å². The van der Waals surface area contributed by atoms with E-state index in [1.807, 2.05) is 49.7 Å². The summed E-state index contributed by atoms with van der Waals surface area (Å²) in [7, 11) is 1.88. The summed E-state index contributed by atoms with van der Waals surface area (Å²) in [6.07, 6.45) is 0.756. The maximum atomic E-state index is 12.2. The minimum absolute atomic E-state index is 0.0572. The van der Waals surface area contributed by atoms with Crippen LogP contribution in [0.3, 0.4) is 0 Å². The van der Waals surface area contributed by atoms with Gasteiger partial charge in [-0.05, 0) is 48.7 Å². The van der Waals surface area contributed by atoms with E-state index in [0.29, 0.717) is 5.69 Å². The first-order valence-electron chi connectivity index (χ1n) is 7.03. The number of fused-ring (bicyclic) bond motifs is 1.